The number of fused-ring (bicyclic) bond motifs is 1. The Morgan fingerprint density at radius 1 is 0.765 bits per heavy atom. The predicted octanol–water partition coefficient (Wildman–Crippen LogP) is 3.50. The largest absolute Gasteiger partial charge is 0.366 e. The summed E-state index contributed by atoms with van der Waals surface area (Å²) in [5.41, 5.74) is 3.68. The second-order valence-corrected chi connectivity index (χ2v) is 7.29. The Morgan fingerprint density at radius 2 is 1.50 bits per heavy atom. The molecule has 0 aliphatic carbocycles. The van der Waals surface area contributed by atoms with E-state index >= 15 is 0 Å². The summed E-state index contributed by atoms with van der Waals surface area (Å²) in [6, 6.07) is 11.3. The third kappa shape index (κ3) is 3.56. The van der Waals surface area contributed by atoms with Gasteiger partial charge in [-0.1, -0.05) is 0 Å². The Bertz CT molecular complexity index is 1630. The van der Waals surface area contributed by atoms with Crippen molar-refractivity contribution < 1.29 is 0 Å². The highest BCUT2D eigenvalue weighted by Gasteiger charge is 2.12. The van der Waals surface area contributed by atoms with E-state index in [1.807, 2.05) is 61.2 Å². The van der Waals surface area contributed by atoms with Crippen LogP contribution >= 0.6 is 0 Å². The van der Waals surface area contributed by atoms with Gasteiger partial charge in [0.2, 0.25) is 0 Å². The molecular weight excluding hydrogens is 430 g/mol. The van der Waals surface area contributed by atoms with Crippen molar-refractivity contribution in [3.05, 3.63) is 85.4 Å². The van der Waals surface area contributed by atoms with Crippen LogP contribution < -0.4 is 10.8 Å². The lowest BCUT2D eigenvalue weighted by atomic mass is 10.2. The lowest BCUT2D eigenvalue weighted by Gasteiger charge is -2.05. The van der Waals surface area contributed by atoms with E-state index in [0.29, 0.717) is 17.1 Å². The second kappa shape index (κ2) is 8.39. The summed E-state index contributed by atoms with van der Waals surface area (Å²) in [6.45, 7) is 0. The van der Waals surface area contributed by atoms with E-state index in [4.69, 9.17) is 4.99 Å². The third-order valence-corrected chi connectivity index (χ3v) is 5.24. The molecule has 6 aromatic heterocycles. The van der Waals surface area contributed by atoms with Crippen LogP contribution in [0.5, 0.6) is 0 Å². The monoisotopic (exact) mass is 447 g/mol. The van der Waals surface area contributed by atoms with Crippen LogP contribution in [-0.2, 0) is 0 Å². The number of hydrogen-bond acceptors (Lipinski definition) is 8. The minimum absolute atomic E-state index is 0.505. The molecule has 0 saturated heterocycles. The fourth-order valence-electron chi connectivity index (χ4n) is 3.67. The quantitative estimate of drug-likeness (QED) is 0.316. The molecule has 0 radical (unpaired) electrons. The van der Waals surface area contributed by atoms with E-state index in [9.17, 15) is 0 Å². The molecule has 34 heavy (non-hydrogen) atoms. The summed E-state index contributed by atoms with van der Waals surface area (Å²) in [7, 11) is 0. The van der Waals surface area contributed by atoms with Crippen molar-refractivity contribution in [3.8, 4) is 22.5 Å². The van der Waals surface area contributed by atoms with Gasteiger partial charge in [0.15, 0.2) is 5.49 Å². The molecule has 11 nitrogen and oxygen atoms in total. The highest BCUT2D eigenvalue weighted by molar-refractivity contribution is 5.93. The molecule has 4 N–H and O–H groups in total. The number of nitrogens with one attached hydrogen (secondary N) is 4. The van der Waals surface area contributed by atoms with Gasteiger partial charge in [-0.15, -0.1) is 0 Å². The highest BCUT2D eigenvalue weighted by atomic mass is 15.1. The maximum atomic E-state index is 4.77. The molecular formula is C23H17N11. The van der Waals surface area contributed by atoms with Crippen LogP contribution in [0.15, 0.2) is 84.9 Å². The fraction of sp³-hybridized carbons (Fsp3) is 0. The molecule has 0 fully saturated rings. The van der Waals surface area contributed by atoms with Gasteiger partial charge in [-0.3, -0.25) is 0 Å². The van der Waals surface area contributed by atoms with Crippen LogP contribution in [0.25, 0.3) is 33.3 Å². The minimum Gasteiger partial charge on any atom is -0.366 e. The molecule has 0 aromatic carbocycles. The fourth-order valence-corrected chi connectivity index (χ4v) is 3.67. The molecule has 0 aliphatic rings. The van der Waals surface area contributed by atoms with E-state index in [0.717, 1.165) is 39.1 Å². The number of hydrogen-bond donors (Lipinski definition) is 4. The Morgan fingerprint density at radius 3 is 2.29 bits per heavy atom. The van der Waals surface area contributed by atoms with E-state index in [1.54, 1.807) is 12.4 Å². The average Bonchev–Trinajstić information content (AvgIpc) is 3.63. The number of anilines is 2. The molecule has 11 heteroatoms. The van der Waals surface area contributed by atoms with Crippen LogP contribution in [0.3, 0.4) is 0 Å². The van der Waals surface area contributed by atoms with Crippen molar-refractivity contribution in [2.45, 2.75) is 0 Å². The first kappa shape index (κ1) is 19.5. The van der Waals surface area contributed by atoms with Gasteiger partial charge in [0.1, 0.15) is 23.8 Å². The van der Waals surface area contributed by atoms with Gasteiger partial charge in [0.05, 0.1) is 11.4 Å². The van der Waals surface area contributed by atoms with Gasteiger partial charge in [0, 0.05) is 59.1 Å². The average molecular weight is 447 g/mol. The maximum Gasteiger partial charge on any atom is 0.165 e. The van der Waals surface area contributed by atoms with Crippen molar-refractivity contribution >= 4 is 28.2 Å². The summed E-state index contributed by atoms with van der Waals surface area (Å²) >= 11 is 0. The molecule has 0 aliphatic heterocycles. The first-order valence-electron chi connectivity index (χ1n) is 10.4. The molecule has 0 atom stereocenters. The first-order valence-corrected chi connectivity index (χ1v) is 10.4. The van der Waals surface area contributed by atoms with Crippen LogP contribution in [0.4, 0.5) is 17.5 Å². The lowest BCUT2D eigenvalue weighted by molar-refractivity contribution is 1.04. The molecule has 6 rings (SSSR count). The minimum atomic E-state index is 0.505. The zero-order valence-corrected chi connectivity index (χ0v) is 17.6. The number of aromatic nitrogens is 9. The summed E-state index contributed by atoms with van der Waals surface area (Å²) in [5.74, 6) is 1.98. The summed E-state index contributed by atoms with van der Waals surface area (Å²) in [6.07, 6.45) is 12.1. The molecule has 164 valence electrons. The van der Waals surface area contributed by atoms with Crippen LogP contribution in [0, 0.1) is 0 Å². The second-order valence-electron chi connectivity index (χ2n) is 7.29. The van der Waals surface area contributed by atoms with Gasteiger partial charge < -0.3 is 20.3 Å². The molecule has 0 saturated carbocycles. The number of rotatable bonds is 5. The van der Waals surface area contributed by atoms with Gasteiger partial charge in [-0.05, 0) is 36.4 Å². The van der Waals surface area contributed by atoms with Crippen molar-refractivity contribution in [2.24, 2.45) is 4.99 Å². The smallest absolute Gasteiger partial charge is 0.165 e. The van der Waals surface area contributed by atoms with Crippen molar-refractivity contribution in [3.63, 3.8) is 0 Å². The molecule has 6 heterocycles. The molecule has 0 bridgehead atoms. The van der Waals surface area contributed by atoms with Crippen molar-refractivity contribution in [1.82, 2.24) is 45.3 Å². The Labute approximate surface area is 192 Å². The van der Waals surface area contributed by atoms with Gasteiger partial charge in [-0.25, -0.2) is 15.0 Å². The van der Waals surface area contributed by atoms with E-state index in [1.165, 1.54) is 6.33 Å². The van der Waals surface area contributed by atoms with Gasteiger partial charge in [-0.2, -0.15) is 20.4 Å². The third-order valence-electron chi connectivity index (χ3n) is 5.24. The van der Waals surface area contributed by atoms with E-state index < -0.39 is 0 Å². The zero-order chi connectivity index (χ0) is 22.7. The summed E-state index contributed by atoms with van der Waals surface area (Å²) in [5, 5.41) is 21.3. The van der Waals surface area contributed by atoms with Gasteiger partial charge >= 0.3 is 0 Å². The molecule has 6 aromatic rings. The SMILES string of the molecule is c1cnnc(-c2cc[nH]c2/N=c2\ncnc(Nc3[nH]ccc3-c3cccnn3)c3c[nH]cc23)c1. The topological polar surface area (TPSA) is 149 Å². The number of nitrogens with zero attached hydrogens (tertiary/aromatic N) is 7. The Hall–Kier alpha value is -5.19. The Balaban J connectivity index is 1.44. The lowest BCUT2D eigenvalue weighted by Crippen LogP contribution is -2.04. The highest BCUT2D eigenvalue weighted by Crippen LogP contribution is 2.29. The molecule has 0 unspecified atom stereocenters. The van der Waals surface area contributed by atoms with E-state index in [-0.39, 0.29) is 0 Å². The molecule has 0 spiro atoms. The summed E-state index contributed by atoms with van der Waals surface area (Å²) in [4.78, 5) is 23.3. The zero-order valence-electron chi connectivity index (χ0n) is 17.6. The number of aromatic amines is 3. The molecule has 0 amide bonds. The summed E-state index contributed by atoms with van der Waals surface area (Å²) < 4.78 is 0. The standard InChI is InChI=1S/C23H17N11/c1-3-18(33-29-7-1)14-5-9-25-20(14)31-22-16-11-24-12-17(16)23(28-13-27-22)32-21-15(6-10-26-21)19-4-2-8-30-34-19/h1-13,24-26H,(H,27,28,31,32). The number of H-pyrrole nitrogens is 3. The van der Waals surface area contributed by atoms with E-state index in [2.05, 4.69) is 50.6 Å². The van der Waals surface area contributed by atoms with Crippen molar-refractivity contribution in [2.75, 3.05) is 5.32 Å². The van der Waals surface area contributed by atoms with Gasteiger partial charge in [0.25, 0.3) is 0 Å². The Kier molecular flexibility index (Phi) is 4.81. The normalized spacial score (nSPS) is 11.7. The van der Waals surface area contributed by atoms with Crippen LogP contribution in [0.1, 0.15) is 0 Å². The van der Waals surface area contributed by atoms with Crippen LogP contribution in [0.2, 0.25) is 0 Å². The van der Waals surface area contributed by atoms with Crippen molar-refractivity contribution in [1.29, 1.82) is 0 Å². The van der Waals surface area contributed by atoms with Crippen LogP contribution in [-0.4, -0.2) is 45.3 Å². The maximum absolute atomic E-state index is 4.77. The first-order chi connectivity index (χ1) is 16.9. The predicted molar refractivity (Wildman–Crippen MR) is 126 cm³/mol.